The first kappa shape index (κ1) is 13.6. The molecule has 0 aliphatic carbocycles. The minimum Gasteiger partial charge on any atom is -0.350 e. The normalized spacial score (nSPS) is 12.0. The van der Waals surface area contributed by atoms with Crippen molar-refractivity contribution in [2.24, 2.45) is 0 Å². The van der Waals surface area contributed by atoms with Crippen molar-refractivity contribution in [2.45, 2.75) is 6.04 Å². The van der Waals surface area contributed by atoms with Gasteiger partial charge in [0.05, 0.1) is 6.04 Å². The second-order valence-electron chi connectivity index (χ2n) is 4.63. The van der Waals surface area contributed by atoms with Gasteiger partial charge in [0.15, 0.2) is 0 Å². The SMILES string of the molecule is O=C(NCC(c1ccsc1)n1cccn1)c1ccccc1. The topological polar surface area (TPSA) is 46.9 Å². The first-order valence-corrected chi connectivity index (χ1v) is 7.63. The first-order chi connectivity index (χ1) is 10.3. The Bertz CT molecular complexity index is 643. The Labute approximate surface area is 127 Å². The van der Waals surface area contributed by atoms with E-state index in [1.54, 1.807) is 17.5 Å². The summed E-state index contributed by atoms with van der Waals surface area (Å²) in [5.41, 5.74) is 1.82. The summed E-state index contributed by atoms with van der Waals surface area (Å²) in [5, 5.41) is 11.4. The number of aromatic nitrogens is 2. The maximum absolute atomic E-state index is 12.2. The molecule has 0 fully saturated rings. The van der Waals surface area contributed by atoms with E-state index >= 15 is 0 Å². The van der Waals surface area contributed by atoms with Crippen LogP contribution in [0.2, 0.25) is 0 Å². The highest BCUT2D eigenvalue weighted by Gasteiger charge is 2.16. The van der Waals surface area contributed by atoms with Crippen molar-refractivity contribution in [2.75, 3.05) is 6.54 Å². The van der Waals surface area contributed by atoms with Crippen molar-refractivity contribution >= 4 is 17.2 Å². The lowest BCUT2D eigenvalue weighted by atomic mass is 10.1. The van der Waals surface area contributed by atoms with E-state index < -0.39 is 0 Å². The predicted octanol–water partition coefficient (Wildman–Crippen LogP) is 2.96. The average molecular weight is 297 g/mol. The summed E-state index contributed by atoms with van der Waals surface area (Å²) < 4.78 is 1.87. The van der Waals surface area contributed by atoms with Crippen LogP contribution in [0.15, 0.2) is 65.6 Å². The maximum Gasteiger partial charge on any atom is 0.251 e. The molecule has 0 radical (unpaired) electrons. The zero-order chi connectivity index (χ0) is 14.5. The van der Waals surface area contributed by atoms with Gasteiger partial charge < -0.3 is 5.32 Å². The van der Waals surface area contributed by atoms with Crippen LogP contribution in [0.5, 0.6) is 0 Å². The molecule has 106 valence electrons. The van der Waals surface area contributed by atoms with Crippen LogP contribution in [0.3, 0.4) is 0 Å². The smallest absolute Gasteiger partial charge is 0.251 e. The molecule has 1 aromatic carbocycles. The van der Waals surface area contributed by atoms with Crippen LogP contribution < -0.4 is 5.32 Å². The summed E-state index contributed by atoms with van der Waals surface area (Å²) in [6, 6.07) is 13.2. The van der Waals surface area contributed by atoms with Crippen LogP contribution in [0.4, 0.5) is 0 Å². The molecule has 1 unspecified atom stereocenters. The van der Waals surface area contributed by atoms with Gasteiger partial charge >= 0.3 is 0 Å². The highest BCUT2D eigenvalue weighted by molar-refractivity contribution is 7.07. The van der Waals surface area contributed by atoms with E-state index in [4.69, 9.17) is 0 Å². The monoisotopic (exact) mass is 297 g/mol. The molecule has 0 aliphatic rings. The Morgan fingerprint density at radius 2 is 2.10 bits per heavy atom. The van der Waals surface area contributed by atoms with Crippen molar-refractivity contribution in [1.29, 1.82) is 0 Å². The fraction of sp³-hybridized carbons (Fsp3) is 0.125. The van der Waals surface area contributed by atoms with Crippen LogP contribution >= 0.6 is 11.3 Å². The van der Waals surface area contributed by atoms with Gasteiger partial charge in [-0.2, -0.15) is 16.4 Å². The zero-order valence-electron chi connectivity index (χ0n) is 11.3. The number of rotatable bonds is 5. The third kappa shape index (κ3) is 3.20. The summed E-state index contributed by atoms with van der Waals surface area (Å²) in [4.78, 5) is 12.2. The van der Waals surface area contributed by atoms with Gasteiger partial charge in [0.25, 0.3) is 5.91 Å². The van der Waals surface area contributed by atoms with Crippen LogP contribution in [-0.4, -0.2) is 22.2 Å². The molecule has 0 bridgehead atoms. The van der Waals surface area contributed by atoms with Gasteiger partial charge in [-0.15, -0.1) is 0 Å². The predicted molar refractivity (Wildman–Crippen MR) is 83.5 cm³/mol. The molecule has 3 rings (SSSR count). The third-order valence-corrected chi connectivity index (χ3v) is 3.97. The molecule has 21 heavy (non-hydrogen) atoms. The Morgan fingerprint density at radius 1 is 1.24 bits per heavy atom. The zero-order valence-corrected chi connectivity index (χ0v) is 12.2. The summed E-state index contributed by atoms with van der Waals surface area (Å²) in [6.45, 7) is 0.506. The summed E-state index contributed by atoms with van der Waals surface area (Å²) in [7, 11) is 0. The van der Waals surface area contributed by atoms with Crippen molar-refractivity contribution < 1.29 is 4.79 Å². The molecule has 3 aromatic rings. The van der Waals surface area contributed by atoms with Gasteiger partial charge in [-0.3, -0.25) is 9.48 Å². The van der Waals surface area contributed by atoms with Crippen LogP contribution in [-0.2, 0) is 0 Å². The minimum atomic E-state index is -0.0667. The van der Waals surface area contributed by atoms with Crippen molar-refractivity contribution in [1.82, 2.24) is 15.1 Å². The van der Waals surface area contributed by atoms with Crippen LogP contribution in [0, 0.1) is 0 Å². The highest BCUT2D eigenvalue weighted by Crippen LogP contribution is 2.19. The number of amides is 1. The Morgan fingerprint density at radius 3 is 2.76 bits per heavy atom. The molecule has 1 N–H and O–H groups in total. The van der Waals surface area contributed by atoms with E-state index in [2.05, 4.69) is 21.9 Å². The van der Waals surface area contributed by atoms with E-state index in [1.807, 2.05) is 52.7 Å². The molecule has 0 aliphatic heterocycles. The molecule has 0 saturated carbocycles. The largest absolute Gasteiger partial charge is 0.350 e. The van der Waals surface area contributed by atoms with E-state index in [1.165, 1.54) is 0 Å². The maximum atomic E-state index is 12.2. The molecule has 2 aromatic heterocycles. The van der Waals surface area contributed by atoms with Gasteiger partial charge in [0.2, 0.25) is 0 Å². The van der Waals surface area contributed by atoms with E-state index in [9.17, 15) is 4.79 Å². The van der Waals surface area contributed by atoms with E-state index in [-0.39, 0.29) is 11.9 Å². The van der Waals surface area contributed by atoms with E-state index in [0.717, 1.165) is 5.56 Å². The average Bonchev–Trinajstić information content (AvgIpc) is 3.22. The summed E-state index contributed by atoms with van der Waals surface area (Å²) in [5.74, 6) is -0.0667. The molecular weight excluding hydrogens is 282 g/mol. The van der Waals surface area contributed by atoms with Crippen LogP contribution in [0.1, 0.15) is 22.0 Å². The molecule has 4 nitrogen and oxygen atoms in total. The highest BCUT2D eigenvalue weighted by atomic mass is 32.1. The standard InChI is InChI=1S/C16H15N3OS/c20-16(13-5-2-1-3-6-13)17-11-15(14-7-10-21-12-14)19-9-4-8-18-19/h1-10,12,15H,11H2,(H,17,20). The molecule has 2 heterocycles. The van der Waals surface area contributed by atoms with Gasteiger partial charge in [-0.25, -0.2) is 0 Å². The summed E-state index contributed by atoms with van der Waals surface area (Å²) in [6.07, 6.45) is 3.66. The Hall–Kier alpha value is -2.40. The molecule has 1 atom stereocenters. The van der Waals surface area contributed by atoms with Crippen molar-refractivity contribution in [3.05, 3.63) is 76.7 Å². The van der Waals surface area contributed by atoms with Gasteiger partial charge in [0, 0.05) is 24.5 Å². The molecule has 0 saturated heterocycles. The Kier molecular flexibility index (Phi) is 4.12. The first-order valence-electron chi connectivity index (χ1n) is 6.69. The molecule has 0 spiro atoms. The lowest BCUT2D eigenvalue weighted by Gasteiger charge is -2.17. The van der Waals surface area contributed by atoms with Crippen LogP contribution in [0.25, 0.3) is 0 Å². The molecule has 1 amide bonds. The van der Waals surface area contributed by atoms with Crippen molar-refractivity contribution in [3.8, 4) is 0 Å². The van der Waals surface area contributed by atoms with Gasteiger partial charge in [-0.05, 0) is 40.6 Å². The second-order valence-corrected chi connectivity index (χ2v) is 5.41. The number of nitrogens with zero attached hydrogens (tertiary/aromatic N) is 2. The fourth-order valence-corrected chi connectivity index (χ4v) is 2.88. The summed E-state index contributed by atoms with van der Waals surface area (Å²) >= 11 is 1.64. The number of carbonyl (C=O) groups is 1. The molecular formula is C16H15N3OS. The number of hydrogen-bond acceptors (Lipinski definition) is 3. The quantitative estimate of drug-likeness (QED) is 0.787. The number of hydrogen-bond donors (Lipinski definition) is 1. The molecule has 5 heteroatoms. The lowest BCUT2D eigenvalue weighted by Crippen LogP contribution is -2.31. The lowest BCUT2D eigenvalue weighted by molar-refractivity contribution is 0.0949. The van der Waals surface area contributed by atoms with Gasteiger partial charge in [0.1, 0.15) is 0 Å². The minimum absolute atomic E-state index is 0.0129. The second kappa shape index (κ2) is 6.37. The number of thiophene rings is 1. The Balaban J connectivity index is 1.73. The van der Waals surface area contributed by atoms with Gasteiger partial charge in [-0.1, -0.05) is 18.2 Å². The van der Waals surface area contributed by atoms with E-state index in [0.29, 0.717) is 12.1 Å². The number of nitrogens with one attached hydrogen (secondary N) is 1. The number of carbonyl (C=O) groups excluding carboxylic acids is 1. The third-order valence-electron chi connectivity index (χ3n) is 3.26. The van der Waals surface area contributed by atoms with Crippen molar-refractivity contribution in [3.63, 3.8) is 0 Å². The number of benzene rings is 1. The fourth-order valence-electron chi connectivity index (χ4n) is 2.17.